The van der Waals surface area contributed by atoms with Gasteiger partial charge in [0.1, 0.15) is 0 Å². The normalized spacial score (nSPS) is 20.8. The molecule has 0 aliphatic carbocycles. The summed E-state index contributed by atoms with van der Waals surface area (Å²) in [7, 11) is 0. The Morgan fingerprint density at radius 3 is 2.47 bits per heavy atom. The second kappa shape index (κ2) is 6.49. The van der Waals surface area contributed by atoms with E-state index in [4.69, 9.17) is 0 Å². The Labute approximate surface area is 95.2 Å². The molecule has 2 nitrogen and oxygen atoms in total. The van der Waals surface area contributed by atoms with E-state index in [2.05, 4.69) is 31.4 Å². The van der Waals surface area contributed by atoms with E-state index in [0.717, 1.165) is 5.92 Å². The van der Waals surface area contributed by atoms with Crippen LogP contribution in [0.1, 0.15) is 46.5 Å². The summed E-state index contributed by atoms with van der Waals surface area (Å²) in [5, 5.41) is 7.12. The quantitative estimate of drug-likeness (QED) is 0.706. The summed E-state index contributed by atoms with van der Waals surface area (Å²) >= 11 is 0. The number of piperidine rings is 1. The Morgan fingerprint density at radius 2 is 1.93 bits per heavy atom. The van der Waals surface area contributed by atoms with Crippen LogP contribution in [0.5, 0.6) is 0 Å². The van der Waals surface area contributed by atoms with E-state index in [9.17, 15) is 0 Å². The largest absolute Gasteiger partial charge is 0.317 e. The first-order valence-electron chi connectivity index (χ1n) is 6.60. The van der Waals surface area contributed by atoms with Gasteiger partial charge in [-0.25, -0.2) is 0 Å². The topological polar surface area (TPSA) is 24.1 Å². The maximum absolute atomic E-state index is 3.65. The lowest BCUT2D eigenvalue weighted by Crippen LogP contribution is -2.43. The van der Waals surface area contributed by atoms with Crippen LogP contribution in [-0.4, -0.2) is 26.2 Å². The van der Waals surface area contributed by atoms with Crippen molar-refractivity contribution in [1.82, 2.24) is 10.6 Å². The molecule has 0 amide bonds. The molecule has 15 heavy (non-hydrogen) atoms. The summed E-state index contributed by atoms with van der Waals surface area (Å²) in [6.07, 6.45) is 5.42. The Kier molecular flexibility index (Phi) is 5.62. The van der Waals surface area contributed by atoms with E-state index in [-0.39, 0.29) is 0 Å². The van der Waals surface area contributed by atoms with E-state index in [1.807, 2.05) is 0 Å². The highest BCUT2D eigenvalue weighted by Gasteiger charge is 2.30. The minimum atomic E-state index is 0.592. The van der Waals surface area contributed by atoms with Gasteiger partial charge in [0.2, 0.25) is 0 Å². The summed E-state index contributed by atoms with van der Waals surface area (Å²) < 4.78 is 0. The number of rotatable bonds is 6. The first kappa shape index (κ1) is 13.0. The zero-order chi connectivity index (χ0) is 11.1. The monoisotopic (exact) mass is 212 g/mol. The number of hydrogen-bond donors (Lipinski definition) is 2. The Morgan fingerprint density at radius 1 is 1.27 bits per heavy atom. The first-order chi connectivity index (χ1) is 7.18. The molecule has 1 aliphatic heterocycles. The van der Waals surface area contributed by atoms with E-state index < -0.39 is 0 Å². The summed E-state index contributed by atoms with van der Waals surface area (Å²) in [5.74, 6) is 0.769. The van der Waals surface area contributed by atoms with Gasteiger partial charge in [-0.15, -0.1) is 0 Å². The zero-order valence-corrected chi connectivity index (χ0v) is 10.7. The van der Waals surface area contributed by atoms with Crippen LogP contribution in [0.15, 0.2) is 0 Å². The highest BCUT2D eigenvalue weighted by atomic mass is 14.9. The molecule has 90 valence electrons. The number of hydrogen-bond acceptors (Lipinski definition) is 2. The summed E-state index contributed by atoms with van der Waals surface area (Å²) in [4.78, 5) is 0. The van der Waals surface area contributed by atoms with Crippen LogP contribution in [0, 0.1) is 11.3 Å². The van der Waals surface area contributed by atoms with Crippen LogP contribution < -0.4 is 10.6 Å². The molecule has 0 aromatic heterocycles. The molecule has 0 atom stereocenters. The van der Waals surface area contributed by atoms with E-state index >= 15 is 0 Å². The molecular weight excluding hydrogens is 184 g/mol. The molecule has 0 bridgehead atoms. The molecule has 0 saturated carbocycles. The molecule has 0 spiro atoms. The van der Waals surface area contributed by atoms with Gasteiger partial charge in [-0.2, -0.15) is 0 Å². The van der Waals surface area contributed by atoms with Crippen LogP contribution in [0.25, 0.3) is 0 Å². The van der Waals surface area contributed by atoms with Crippen molar-refractivity contribution in [3.05, 3.63) is 0 Å². The molecule has 1 aliphatic rings. The highest BCUT2D eigenvalue weighted by molar-refractivity contribution is 4.86. The average Bonchev–Trinajstić information content (AvgIpc) is 2.19. The van der Waals surface area contributed by atoms with Gasteiger partial charge < -0.3 is 10.6 Å². The molecule has 0 aromatic rings. The van der Waals surface area contributed by atoms with Gasteiger partial charge in [-0.1, -0.05) is 27.2 Å². The van der Waals surface area contributed by atoms with Crippen molar-refractivity contribution < 1.29 is 0 Å². The molecule has 2 heteroatoms. The third kappa shape index (κ3) is 4.52. The van der Waals surface area contributed by atoms with Crippen molar-refractivity contribution in [1.29, 1.82) is 0 Å². The van der Waals surface area contributed by atoms with Crippen molar-refractivity contribution in [2.24, 2.45) is 11.3 Å². The van der Waals surface area contributed by atoms with Crippen LogP contribution in [0.3, 0.4) is 0 Å². The summed E-state index contributed by atoms with van der Waals surface area (Å²) in [5.41, 5.74) is 0.592. The molecule has 1 saturated heterocycles. The number of nitrogens with one attached hydrogen (secondary N) is 2. The maximum atomic E-state index is 3.65. The van der Waals surface area contributed by atoms with Crippen LogP contribution >= 0.6 is 0 Å². The van der Waals surface area contributed by atoms with Gasteiger partial charge in [0.05, 0.1) is 0 Å². The Hall–Kier alpha value is -0.0800. The Balaban J connectivity index is 2.34. The SMILES string of the molecule is CCCC1(CNCC(C)C)CCNCC1. The smallest absolute Gasteiger partial charge is 0.000887 e. The van der Waals surface area contributed by atoms with Gasteiger partial charge in [0.25, 0.3) is 0 Å². The molecule has 0 unspecified atom stereocenters. The van der Waals surface area contributed by atoms with E-state index in [1.54, 1.807) is 0 Å². The second-order valence-corrected chi connectivity index (χ2v) is 5.52. The lowest BCUT2D eigenvalue weighted by molar-refractivity contribution is 0.174. The van der Waals surface area contributed by atoms with Crippen molar-refractivity contribution in [2.75, 3.05) is 26.2 Å². The van der Waals surface area contributed by atoms with Crippen molar-refractivity contribution in [3.8, 4) is 0 Å². The third-order valence-electron chi connectivity index (χ3n) is 3.50. The van der Waals surface area contributed by atoms with Crippen molar-refractivity contribution in [2.45, 2.75) is 46.5 Å². The fourth-order valence-corrected chi connectivity index (χ4v) is 2.63. The van der Waals surface area contributed by atoms with Crippen molar-refractivity contribution in [3.63, 3.8) is 0 Å². The zero-order valence-electron chi connectivity index (χ0n) is 10.7. The van der Waals surface area contributed by atoms with Crippen LogP contribution in [0.2, 0.25) is 0 Å². The minimum Gasteiger partial charge on any atom is -0.317 e. The van der Waals surface area contributed by atoms with Gasteiger partial charge in [0, 0.05) is 6.54 Å². The molecule has 0 radical (unpaired) electrons. The predicted molar refractivity (Wildman–Crippen MR) is 67.2 cm³/mol. The third-order valence-corrected chi connectivity index (χ3v) is 3.50. The lowest BCUT2D eigenvalue weighted by atomic mass is 9.75. The van der Waals surface area contributed by atoms with Gasteiger partial charge in [0.15, 0.2) is 0 Å². The molecule has 1 rings (SSSR count). The van der Waals surface area contributed by atoms with Crippen LogP contribution in [-0.2, 0) is 0 Å². The van der Waals surface area contributed by atoms with Gasteiger partial charge in [-0.3, -0.25) is 0 Å². The second-order valence-electron chi connectivity index (χ2n) is 5.52. The maximum Gasteiger partial charge on any atom is 0.000887 e. The molecule has 0 aromatic carbocycles. The van der Waals surface area contributed by atoms with Gasteiger partial charge >= 0.3 is 0 Å². The van der Waals surface area contributed by atoms with Gasteiger partial charge in [-0.05, 0) is 50.2 Å². The lowest BCUT2D eigenvalue weighted by Gasteiger charge is -2.38. The summed E-state index contributed by atoms with van der Waals surface area (Å²) in [6, 6.07) is 0. The fourth-order valence-electron chi connectivity index (χ4n) is 2.63. The average molecular weight is 212 g/mol. The first-order valence-corrected chi connectivity index (χ1v) is 6.60. The Bertz CT molecular complexity index is 154. The molecule has 1 fully saturated rings. The van der Waals surface area contributed by atoms with Crippen molar-refractivity contribution >= 4 is 0 Å². The molecular formula is C13H28N2. The fraction of sp³-hybridized carbons (Fsp3) is 1.00. The van der Waals surface area contributed by atoms with E-state index in [0.29, 0.717) is 5.41 Å². The molecule has 2 N–H and O–H groups in total. The minimum absolute atomic E-state index is 0.592. The predicted octanol–water partition coefficient (Wildman–Crippen LogP) is 2.40. The standard InChI is InChI=1S/C13H28N2/c1-4-5-13(6-8-14-9-7-13)11-15-10-12(2)3/h12,14-15H,4-11H2,1-3H3. The van der Waals surface area contributed by atoms with Crippen LogP contribution in [0.4, 0.5) is 0 Å². The molecule has 1 heterocycles. The van der Waals surface area contributed by atoms with E-state index in [1.165, 1.54) is 51.9 Å². The summed E-state index contributed by atoms with van der Waals surface area (Å²) in [6.45, 7) is 11.7. The highest BCUT2D eigenvalue weighted by Crippen LogP contribution is 2.33.